The molecule has 38 heavy (non-hydrogen) atoms. The van der Waals surface area contributed by atoms with E-state index in [0.717, 1.165) is 13.8 Å². The van der Waals surface area contributed by atoms with Crippen molar-refractivity contribution in [3.8, 4) is 0 Å². The SMILES string of the molecule is CCC(C)C(=O)O[C@@H]1OC=C(CO[C@@H]2O[C@H](CO)[C@@H](O)[C@H](OC(C)=O)[C@H]2OC(C)=O)[C@H]2C[C@H](O)[C@@](C)(O)[C@@H]12. The van der Waals surface area contributed by atoms with Gasteiger partial charge in [0.25, 0.3) is 0 Å². The summed E-state index contributed by atoms with van der Waals surface area (Å²) in [4.78, 5) is 35.9. The summed E-state index contributed by atoms with van der Waals surface area (Å²) >= 11 is 0. The van der Waals surface area contributed by atoms with Crippen LogP contribution >= 0.6 is 0 Å². The van der Waals surface area contributed by atoms with Crippen molar-refractivity contribution in [2.45, 2.75) is 96.2 Å². The Balaban J connectivity index is 1.82. The minimum absolute atomic E-state index is 0.126. The topological polar surface area (TPSA) is 188 Å². The lowest BCUT2D eigenvalue weighted by Gasteiger charge is -2.43. The zero-order valence-corrected chi connectivity index (χ0v) is 22.1. The van der Waals surface area contributed by atoms with Crippen LogP contribution in [0.15, 0.2) is 11.8 Å². The van der Waals surface area contributed by atoms with Crippen LogP contribution in [-0.2, 0) is 42.8 Å². The summed E-state index contributed by atoms with van der Waals surface area (Å²) in [6, 6.07) is 0. The molecule has 0 bridgehead atoms. The van der Waals surface area contributed by atoms with Gasteiger partial charge in [-0.25, -0.2) is 0 Å². The van der Waals surface area contributed by atoms with E-state index in [1.54, 1.807) is 6.92 Å². The first-order chi connectivity index (χ1) is 17.8. The molecule has 4 N–H and O–H groups in total. The van der Waals surface area contributed by atoms with E-state index in [1.165, 1.54) is 13.2 Å². The van der Waals surface area contributed by atoms with Crippen LogP contribution in [0.5, 0.6) is 0 Å². The quantitative estimate of drug-likeness (QED) is 0.215. The molecule has 1 saturated heterocycles. The third-order valence-corrected chi connectivity index (χ3v) is 7.45. The number of fused-ring (bicyclic) bond motifs is 1. The number of aliphatic hydroxyl groups is 4. The van der Waals surface area contributed by atoms with E-state index in [2.05, 4.69) is 0 Å². The second kappa shape index (κ2) is 12.3. The fraction of sp³-hybridized carbons (Fsp3) is 0.800. The summed E-state index contributed by atoms with van der Waals surface area (Å²) in [5.41, 5.74) is -1.15. The van der Waals surface area contributed by atoms with Crippen LogP contribution in [0.25, 0.3) is 0 Å². The lowest BCUT2D eigenvalue weighted by atomic mass is 9.81. The van der Waals surface area contributed by atoms with Crippen LogP contribution in [0.1, 0.15) is 47.5 Å². The van der Waals surface area contributed by atoms with Gasteiger partial charge in [-0.15, -0.1) is 0 Å². The number of aliphatic hydroxyl groups excluding tert-OH is 3. The molecule has 0 radical (unpaired) electrons. The highest BCUT2D eigenvalue weighted by atomic mass is 16.7. The van der Waals surface area contributed by atoms with E-state index in [-0.39, 0.29) is 18.9 Å². The van der Waals surface area contributed by atoms with Crippen LogP contribution in [-0.4, -0.2) is 100 Å². The third kappa shape index (κ3) is 6.29. The lowest BCUT2D eigenvalue weighted by molar-refractivity contribution is -0.304. The molecule has 3 rings (SSSR count). The van der Waals surface area contributed by atoms with Crippen molar-refractivity contribution < 1.29 is 63.2 Å². The molecule has 2 fully saturated rings. The molecule has 0 aromatic heterocycles. The van der Waals surface area contributed by atoms with Gasteiger partial charge in [-0.3, -0.25) is 14.4 Å². The van der Waals surface area contributed by atoms with Gasteiger partial charge >= 0.3 is 17.9 Å². The van der Waals surface area contributed by atoms with Crippen LogP contribution < -0.4 is 0 Å². The largest absolute Gasteiger partial charge is 0.462 e. The molecule has 1 aliphatic carbocycles. The Bertz CT molecular complexity index is 902. The first-order valence-electron chi connectivity index (χ1n) is 12.7. The van der Waals surface area contributed by atoms with Gasteiger partial charge in [0, 0.05) is 19.8 Å². The van der Waals surface area contributed by atoms with Crippen molar-refractivity contribution in [3.63, 3.8) is 0 Å². The van der Waals surface area contributed by atoms with E-state index in [0.29, 0.717) is 12.0 Å². The molecule has 2 heterocycles. The highest BCUT2D eigenvalue weighted by Gasteiger charge is 2.59. The molecule has 1 saturated carbocycles. The summed E-state index contributed by atoms with van der Waals surface area (Å²) in [5, 5.41) is 41.8. The minimum Gasteiger partial charge on any atom is -0.462 e. The van der Waals surface area contributed by atoms with Crippen molar-refractivity contribution in [1.29, 1.82) is 0 Å². The minimum atomic E-state index is -1.64. The smallest absolute Gasteiger partial charge is 0.311 e. The van der Waals surface area contributed by atoms with Crippen molar-refractivity contribution in [3.05, 3.63) is 11.8 Å². The Morgan fingerprint density at radius 3 is 2.32 bits per heavy atom. The second-order valence-corrected chi connectivity index (χ2v) is 10.2. The summed E-state index contributed by atoms with van der Waals surface area (Å²) in [6.07, 6.45) is -7.10. The maximum atomic E-state index is 12.4. The molecule has 0 amide bonds. The summed E-state index contributed by atoms with van der Waals surface area (Å²) in [7, 11) is 0. The number of esters is 3. The van der Waals surface area contributed by atoms with Crippen molar-refractivity contribution in [2.75, 3.05) is 13.2 Å². The predicted octanol–water partition coefficient (Wildman–Crippen LogP) is -0.478. The van der Waals surface area contributed by atoms with Gasteiger partial charge in [0.05, 0.1) is 43.0 Å². The number of ether oxygens (including phenoxy) is 6. The number of carbonyl (C=O) groups is 3. The average molecular weight is 547 g/mol. The number of hydrogen-bond acceptors (Lipinski definition) is 13. The zero-order valence-electron chi connectivity index (χ0n) is 22.1. The molecule has 216 valence electrons. The van der Waals surface area contributed by atoms with E-state index in [9.17, 15) is 34.8 Å². The molecular formula is C25H38O13. The molecule has 0 spiro atoms. The molecular weight excluding hydrogens is 508 g/mol. The number of rotatable bonds is 9. The number of hydrogen-bond donors (Lipinski definition) is 4. The highest BCUT2D eigenvalue weighted by molar-refractivity contribution is 5.72. The average Bonchev–Trinajstić information content (AvgIpc) is 3.09. The molecule has 11 atom stereocenters. The normalized spacial score (nSPS) is 39.3. The Kier molecular flexibility index (Phi) is 9.76. The molecule has 13 heteroatoms. The van der Waals surface area contributed by atoms with Crippen LogP contribution in [0.4, 0.5) is 0 Å². The van der Waals surface area contributed by atoms with Gasteiger partial charge in [-0.2, -0.15) is 0 Å². The maximum absolute atomic E-state index is 12.4. The predicted molar refractivity (Wildman–Crippen MR) is 126 cm³/mol. The first kappa shape index (κ1) is 30.3. The molecule has 1 unspecified atom stereocenters. The Morgan fingerprint density at radius 2 is 1.74 bits per heavy atom. The fourth-order valence-electron chi connectivity index (χ4n) is 5.07. The summed E-state index contributed by atoms with van der Waals surface area (Å²) in [6.45, 7) is 6.38. The van der Waals surface area contributed by atoms with Gasteiger partial charge < -0.3 is 48.8 Å². The number of carbonyl (C=O) groups excluding carboxylic acids is 3. The van der Waals surface area contributed by atoms with Crippen LogP contribution in [0.2, 0.25) is 0 Å². The van der Waals surface area contributed by atoms with E-state index in [1.807, 2.05) is 6.92 Å². The molecule has 0 aromatic carbocycles. The monoisotopic (exact) mass is 546 g/mol. The Morgan fingerprint density at radius 1 is 1.11 bits per heavy atom. The van der Waals surface area contributed by atoms with Crippen LogP contribution in [0, 0.1) is 17.8 Å². The molecule has 3 aliphatic rings. The molecule has 0 aromatic rings. The first-order valence-corrected chi connectivity index (χ1v) is 12.7. The summed E-state index contributed by atoms with van der Waals surface area (Å²) < 4.78 is 33.1. The van der Waals surface area contributed by atoms with Gasteiger partial charge in [-0.1, -0.05) is 13.8 Å². The van der Waals surface area contributed by atoms with Gasteiger partial charge in [0.15, 0.2) is 18.5 Å². The van der Waals surface area contributed by atoms with Gasteiger partial charge in [0.2, 0.25) is 6.29 Å². The highest BCUT2D eigenvalue weighted by Crippen LogP contribution is 2.49. The fourth-order valence-corrected chi connectivity index (χ4v) is 5.07. The maximum Gasteiger partial charge on any atom is 0.311 e. The zero-order chi connectivity index (χ0) is 28.4. The van der Waals surface area contributed by atoms with Crippen LogP contribution in [0.3, 0.4) is 0 Å². The van der Waals surface area contributed by atoms with Gasteiger partial charge in [0.1, 0.15) is 12.2 Å². The Hall–Kier alpha value is -2.29. The van der Waals surface area contributed by atoms with E-state index in [4.69, 9.17) is 28.4 Å². The summed E-state index contributed by atoms with van der Waals surface area (Å²) in [5.74, 6) is -3.71. The van der Waals surface area contributed by atoms with Crippen molar-refractivity contribution >= 4 is 17.9 Å². The third-order valence-electron chi connectivity index (χ3n) is 7.45. The van der Waals surface area contributed by atoms with E-state index < -0.39 is 85.1 Å². The molecule has 2 aliphatic heterocycles. The standard InChI is InChI=1S/C25H38O13/c1-6-11(2)22(31)38-23-18-15(7-17(29)25(18,5)32)14(9-33-23)10-34-24-21(36-13(4)28)20(35-12(3)27)19(30)16(8-26)37-24/h9,11,15-21,23-24,26,29-30,32H,6-8,10H2,1-5H3/t11?,15-,16-,17+,18-,19-,20+,21-,23+,24-,25-/m1/s1. The second-order valence-electron chi connectivity index (χ2n) is 10.2. The van der Waals surface area contributed by atoms with Gasteiger partial charge in [-0.05, 0) is 25.3 Å². The van der Waals surface area contributed by atoms with Crippen molar-refractivity contribution in [1.82, 2.24) is 0 Å². The van der Waals surface area contributed by atoms with Crippen molar-refractivity contribution in [2.24, 2.45) is 17.8 Å². The Labute approximate surface area is 220 Å². The molecule has 13 nitrogen and oxygen atoms in total. The lowest BCUT2D eigenvalue weighted by Crippen LogP contribution is -2.61. The van der Waals surface area contributed by atoms with E-state index >= 15 is 0 Å².